The second-order valence-electron chi connectivity index (χ2n) is 7.91. The number of ether oxygens (including phenoxy) is 1. The zero-order valence-corrected chi connectivity index (χ0v) is 18.1. The molecule has 0 saturated heterocycles. The molecule has 1 rings (SSSR count). The van der Waals surface area contributed by atoms with Crippen LogP contribution in [0.1, 0.15) is 52.5 Å². The number of rotatable bonds is 8. The van der Waals surface area contributed by atoms with Crippen molar-refractivity contribution in [3.8, 4) is 0 Å². The van der Waals surface area contributed by atoms with Crippen LogP contribution in [0, 0.1) is 0 Å². The first kappa shape index (κ1) is 24.2. The Hall–Kier alpha value is -2.84. The second kappa shape index (κ2) is 10.6. The molecule has 0 aliphatic rings. The van der Waals surface area contributed by atoms with Crippen LogP contribution in [0.15, 0.2) is 21.9 Å². The molecule has 162 valence electrons. The van der Waals surface area contributed by atoms with Gasteiger partial charge in [0.1, 0.15) is 5.60 Å². The molecule has 29 heavy (non-hydrogen) atoms. The molecule has 0 bridgehead atoms. The van der Waals surface area contributed by atoms with Gasteiger partial charge in [0.25, 0.3) is 5.56 Å². The van der Waals surface area contributed by atoms with Gasteiger partial charge in [0.2, 0.25) is 5.91 Å². The molecule has 1 atom stereocenters. The first-order valence-electron chi connectivity index (χ1n) is 9.66. The number of hydrogen-bond donors (Lipinski definition) is 2. The van der Waals surface area contributed by atoms with Crippen LogP contribution in [-0.2, 0) is 23.6 Å². The highest BCUT2D eigenvalue weighted by molar-refractivity contribution is 5.91. The van der Waals surface area contributed by atoms with Crippen molar-refractivity contribution in [2.75, 3.05) is 6.54 Å². The van der Waals surface area contributed by atoms with Gasteiger partial charge in [-0.2, -0.15) is 0 Å². The Morgan fingerprint density at radius 3 is 2.48 bits per heavy atom. The summed E-state index contributed by atoms with van der Waals surface area (Å²) in [5.74, 6) is -0.395. The van der Waals surface area contributed by atoms with Crippen molar-refractivity contribution in [1.29, 1.82) is 0 Å². The maximum atomic E-state index is 12.3. The van der Waals surface area contributed by atoms with E-state index in [1.54, 1.807) is 20.8 Å². The van der Waals surface area contributed by atoms with Crippen molar-refractivity contribution in [1.82, 2.24) is 19.8 Å². The molecular weight excluding hydrogens is 376 g/mol. The van der Waals surface area contributed by atoms with E-state index < -0.39 is 28.9 Å². The maximum Gasteiger partial charge on any atom is 0.407 e. The predicted molar refractivity (Wildman–Crippen MR) is 112 cm³/mol. The van der Waals surface area contributed by atoms with Crippen molar-refractivity contribution < 1.29 is 14.3 Å². The van der Waals surface area contributed by atoms with Crippen molar-refractivity contribution >= 4 is 18.1 Å². The average molecular weight is 408 g/mol. The van der Waals surface area contributed by atoms with E-state index in [1.165, 1.54) is 37.0 Å². The van der Waals surface area contributed by atoms with E-state index in [1.807, 2.05) is 6.92 Å². The average Bonchev–Trinajstić information content (AvgIpc) is 2.62. The molecule has 1 aromatic heterocycles. The van der Waals surface area contributed by atoms with Crippen LogP contribution >= 0.6 is 0 Å². The first-order chi connectivity index (χ1) is 13.4. The molecule has 9 nitrogen and oxygen atoms in total. The SMILES string of the molecule is CCCCC(CNC(=O)OC(C)(C)C)NC(=O)/C=C/c1cn(C)c(=O)n(C)c1=O. The number of nitrogens with zero attached hydrogens (tertiary/aromatic N) is 2. The van der Waals surface area contributed by atoms with Gasteiger partial charge in [-0.05, 0) is 33.3 Å². The second-order valence-corrected chi connectivity index (χ2v) is 7.91. The molecule has 0 aromatic carbocycles. The molecule has 0 fully saturated rings. The Labute approximate surface area is 170 Å². The zero-order valence-electron chi connectivity index (χ0n) is 18.1. The predicted octanol–water partition coefficient (Wildman–Crippen LogP) is 1.30. The molecule has 2 N–H and O–H groups in total. The van der Waals surface area contributed by atoms with Gasteiger partial charge in [0.05, 0.1) is 5.56 Å². The fourth-order valence-corrected chi connectivity index (χ4v) is 2.56. The molecule has 1 unspecified atom stereocenters. The lowest BCUT2D eigenvalue weighted by Gasteiger charge is -2.22. The van der Waals surface area contributed by atoms with Crippen LogP contribution in [0.5, 0.6) is 0 Å². The number of alkyl carbamates (subject to hydrolysis) is 1. The summed E-state index contributed by atoms with van der Waals surface area (Å²) in [6.07, 6.45) is 5.97. The summed E-state index contributed by atoms with van der Waals surface area (Å²) in [6.45, 7) is 7.60. The van der Waals surface area contributed by atoms with Gasteiger partial charge >= 0.3 is 11.8 Å². The maximum absolute atomic E-state index is 12.3. The lowest BCUT2D eigenvalue weighted by molar-refractivity contribution is -0.117. The van der Waals surface area contributed by atoms with Gasteiger partial charge in [-0.25, -0.2) is 9.59 Å². The number of carbonyl (C=O) groups is 2. The minimum Gasteiger partial charge on any atom is -0.444 e. The summed E-state index contributed by atoms with van der Waals surface area (Å²) in [7, 11) is 2.91. The monoisotopic (exact) mass is 408 g/mol. The van der Waals surface area contributed by atoms with Crippen LogP contribution in [0.3, 0.4) is 0 Å². The van der Waals surface area contributed by atoms with Gasteiger partial charge < -0.3 is 19.9 Å². The molecule has 9 heteroatoms. The zero-order chi connectivity index (χ0) is 22.2. The van der Waals surface area contributed by atoms with Crippen LogP contribution in [0.4, 0.5) is 4.79 Å². The van der Waals surface area contributed by atoms with E-state index in [4.69, 9.17) is 4.74 Å². The van der Waals surface area contributed by atoms with E-state index in [2.05, 4.69) is 10.6 Å². The molecule has 0 aliphatic carbocycles. The number of unbranched alkanes of at least 4 members (excludes halogenated alkanes) is 1. The van der Waals surface area contributed by atoms with Crippen molar-refractivity contribution in [3.63, 3.8) is 0 Å². The van der Waals surface area contributed by atoms with Gasteiger partial charge in [-0.15, -0.1) is 0 Å². The summed E-state index contributed by atoms with van der Waals surface area (Å²) in [4.78, 5) is 48.0. The molecule has 0 radical (unpaired) electrons. The van der Waals surface area contributed by atoms with Gasteiger partial charge in [-0.3, -0.25) is 14.2 Å². The molecule has 0 aliphatic heterocycles. The summed E-state index contributed by atoms with van der Waals surface area (Å²) in [6, 6.07) is -0.275. The van der Waals surface area contributed by atoms with Crippen LogP contribution in [-0.4, -0.2) is 39.3 Å². The number of nitrogens with one attached hydrogen (secondary N) is 2. The molecular formula is C20H32N4O5. The Kier molecular flexibility index (Phi) is 8.87. The Bertz CT molecular complexity index is 861. The summed E-state index contributed by atoms with van der Waals surface area (Å²) in [5.41, 5.74) is -1.30. The summed E-state index contributed by atoms with van der Waals surface area (Å²) >= 11 is 0. The topological polar surface area (TPSA) is 111 Å². The van der Waals surface area contributed by atoms with Gasteiger partial charge in [-0.1, -0.05) is 19.8 Å². The standard InChI is InChI=1S/C20H32N4O5/c1-7-8-9-15(12-21-18(27)29-20(2,3)4)22-16(25)11-10-14-13-23(5)19(28)24(6)17(14)26/h10-11,13,15H,7-9,12H2,1-6H3,(H,21,27)(H,22,25)/b11-10+. The minimum atomic E-state index is -0.600. The van der Waals surface area contributed by atoms with E-state index in [9.17, 15) is 19.2 Å². The quantitative estimate of drug-likeness (QED) is 0.630. The van der Waals surface area contributed by atoms with Crippen molar-refractivity contribution in [2.24, 2.45) is 14.1 Å². The molecule has 1 aromatic rings. The highest BCUT2D eigenvalue weighted by Gasteiger charge is 2.18. The fraction of sp³-hybridized carbons (Fsp3) is 0.600. The number of amides is 2. The Balaban J connectivity index is 2.78. The number of aryl methyl sites for hydroxylation is 1. The summed E-state index contributed by atoms with van der Waals surface area (Å²) < 4.78 is 7.46. The largest absolute Gasteiger partial charge is 0.444 e. The molecule has 0 spiro atoms. The first-order valence-corrected chi connectivity index (χ1v) is 9.66. The van der Waals surface area contributed by atoms with Gasteiger partial charge in [0, 0.05) is 39.0 Å². The normalized spacial score (nSPS) is 12.6. The van der Waals surface area contributed by atoms with Gasteiger partial charge in [0.15, 0.2) is 0 Å². The summed E-state index contributed by atoms with van der Waals surface area (Å²) in [5, 5.41) is 5.49. The lowest BCUT2D eigenvalue weighted by Crippen LogP contribution is -2.44. The van der Waals surface area contributed by atoms with Crippen LogP contribution < -0.4 is 21.9 Å². The molecule has 1 heterocycles. The number of carbonyl (C=O) groups excluding carboxylic acids is 2. The highest BCUT2D eigenvalue weighted by atomic mass is 16.6. The third kappa shape index (κ3) is 8.37. The highest BCUT2D eigenvalue weighted by Crippen LogP contribution is 2.07. The number of hydrogen-bond acceptors (Lipinski definition) is 5. The molecule has 0 saturated carbocycles. The smallest absolute Gasteiger partial charge is 0.407 e. The van der Waals surface area contributed by atoms with Crippen LogP contribution in [0.25, 0.3) is 6.08 Å². The van der Waals surface area contributed by atoms with E-state index in [0.717, 1.165) is 17.4 Å². The number of aromatic nitrogens is 2. The molecule has 2 amide bonds. The van der Waals surface area contributed by atoms with E-state index in [0.29, 0.717) is 6.42 Å². The lowest BCUT2D eigenvalue weighted by atomic mass is 10.1. The minimum absolute atomic E-state index is 0.224. The fourth-order valence-electron chi connectivity index (χ4n) is 2.56. The van der Waals surface area contributed by atoms with Crippen molar-refractivity contribution in [2.45, 2.75) is 58.6 Å². The van der Waals surface area contributed by atoms with Crippen LogP contribution in [0.2, 0.25) is 0 Å². The van der Waals surface area contributed by atoms with E-state index >= 15 is 0 Å². The van der Waals surface area contributed by atoms with Crippen molar-refractivity contribution in [3.05, 3.63) is 38.7 Å². The third-order valence-electron chi connectivity index (χ3n) is 4.03. The Morgan fingerprint density at radius 1 is 1.24 bits per heavy atom. The Morgan fingerprint density at radius 2 is 1.90 bits per heavy atom. The van der Waals surface area contributed by atoms with E-state index in [-0.39, 0.29) is 18.2 Å². The third-order valence-corrected chi connectivity index (χ3v) is 4.03.